The maximum atomic E-state index is 13.3. The third-order valence-electron chi connectivity index (χ3n) is 4.41. The van der Waals surface area contributed by atoms with Gasteiger partial charge in [0, 0.05) is 17.4 Å². The van der Waals surface area contributed by atoms with Crippen molar-refractivity contribution < 1.29 is 18.3 Å². The van der Waals surface area contributed by atoms with Gasteiger partial charge in [-0.2, -0.15) is 0 Å². The van der Waals surface area contributed by atoms with Crippen molar-refractivity contribution in [1.82, 2.24) is 9.88 Å². The summed E-state index contributed by atoms with van der Waals surface area (Å²) in [5.41, 5.74) is 1.96. The van der Waals surface area contributed by atoms with Crippen molar-refractivity contribution >= 4 is 16.8 Å². The number of halogens is 2. The fourth-order valence-electron chi connectivity index (χ4n) is 3.10. The van der Waals surface area contributed by atoms with Gasteiger partial charge in [-0.15, -0.1) is 0 Å². The zero-order valence-electron chi connectivity index (χ0n) is 13.3. The molecule has 0 spiro atoms. The second kappa shape index (κ2) is 6.29. The SMILES string of the molecule is O=C(c1cc2cc(F)ccc2[nH]1)N1CCOC(c2ccc(F)cc2)C1. The number of carbonyl (C=O) groups excluding carboxylic acids is 1. The standard InChI is InChI=1S/C19H16F2N2O2/c20-14-3-1-12(2-4-14)18-11-23(7-8-25-18)19(24)17-10-13-9-15(21)5-6-16(13)22-17/h1-6,9-10,18,22H,7-8,11H2. The lowest BCUT2D eigenvalue weighted by Crippen LogP contribution is -2.42. The average molecular weight is 342 g/mol. The number of nitrogens with zero attached hydrogens (tertiary/aromatic N) is 1. The highest BCUT2D eigenvalue weighted by atomic mass is 19.1. The Hall–Kier alpha value is -2.73. The van der Waals surface area contributed by atoms with E-state index in [2.05, 4.69) is 4.98 Å². The van der Waals surface area contributed by atoms with Gasteiger partial charge in [-0.1, -0.05) is 12.1 Å². The smallest absolute Gasteiger partial charge is 0.270 e. The number of hydrogen-bond donors (Lipinski definition) is 1. The molecule has 0 saturated carbocycles. The number of ether oxygens (including phenoxy) is 1. The number of rotatable bonds is 2. The minimum absolute atomic E-state index is 0.160. The van der Waals surface area contributed by atoms with Crippen molar-refractivity contribution in [2.24, 2.45) is 0 Å². The molecule has 128 valence electrons. The lowest BCUT2D eigenvalue weighted by Gasteiger charge is -2.33. The van der Waals surface area contributed by atoms with Crippen molar-refractivity contribution in [3.05, 3.63) is 71.4 Å². The number of morpholine rings is 1. The Labute approximate surface area is 143 Å². The van der Waals surface area contributed by atoms with E-state index in [0.717, 1.165) is 5.56 Å². The molecule has 1 atom stereocenters. The van der Waals surface area contributed by atoms with Crippen molar-refractivity contribution in [2.45, 2.75) is 6.10 Å². The molecule has 1 aliphatic heterocycles. The molecule has 4 rings (SSSR count). The quantitative estimate of drug-likeness (QED) is 0.772. The van der Waals surface area contributed by atoms with Crippen LogP contribution in [0.4, 0.5) is 8.78 Å². The number of aromatic nitrogens is 1. The van der Waals surface area contributed by atoms with E-state index >= 15 is 0 Å². The monoisotopic (exact) mass is 342 g/mol. The maximum absolute atomic E-state index is 13.3. The maximum Gasteiger partial charge on any atom is 0.270 e. The van der Waals surface area contributed by atoms with Gasteiger partial charge in [-0.3, -0.25) is 4.79 Å². The number of carbonyl (C=O) groups is 1. The number of H-pyrrole nitrogens is 1. The number of amides is 1. The summed E-state index contributed by atoms with van der Waals surface area (Å²) in [7, 11) is 0. The molecular weight excluding hydrogens is 326 g/mol. The Balaban J connectivity index is 1.55. The zero-order valence-corrected chi connectivity index (χ0v) is 13.3. The van der Waals surface area contributed by atoms with Gasteiger partial charge in [0.25, 0.3) is 5.91 Å². The Morgan fingerprint density at radius 1 is 1.08 bits per heavy atom. The Kier molecular flexibility index (Phi) is 3.97. The highest BCUT2D eigenvalue weighted by molar-refractivity contribution is 5.98. The number of aromatic amines is 1. The molecule has 2 heterocycles. The fraction of sp³-hybridized carbons (Fsp3) is 0.211. The van der Waals surface area contributed by atoms with Crippen LogP contribution in [0, 0.1) is 11.6 Å². The molecule has 25 heavy (non-hydrogen) atoms. The molecule has 1 N–H and O–H groups in total. The molecule has 4 nitrogen and oxygen atoms in total. The summed E-state index contributed by atoms with van der Waals surface area (Å²) in [5, 5.41) is 0.659. The highest BCUT2D eigenvalue weighted by Gasteiger charge is 2.27. The van der Waals surface area contributed by atoms with Crippen molar-refractivity contribution in [3.63, 3.8) is 0 Å². The predicted octanol–water partition coefficient (Wildman–Crippen LogP) is 3.66. The molecule has 0 bridgehead atoms. The van der Waals surface area contributed by atoms with E-state index in [1.807, 2.05) is 0 Å². The number of benzene rings is 2. The number of hydrogen-bond acceptors (Lipinski definition) is 2. The first kappa shape index (κ1) is 15.8. The van der Waals surface area contributed by atoms with Gasteiger partial charge >= 0.3 is 0 Å². The van der Waals surface area contributed by atoms with Crippen molar-refractivity contribution in [3.8, 4) is 0 Å². The Morgan fingerprint density at radius 3 is 2.64 bits per heavy atom. The average Bonchev–Trinajstić information content (AvgIpc) is 3.05. The summed E-state index contributed by atoms with van der Waals surface area (Å²) in [5.74, 6) is -0.807. The summed E-state index contributed by atoms with van der Waals surface area (Å²) in [6, 6.07) is 12.1. The van der Waals surface area contributed by atoms with Gasteiger partial charge in [-0.25, -0.2) is 8.78 Å². The first-order chi connectivity index (χ1) is 12.1. The molecule has 1 unspecified atom stereocenters. The third-order valence-corrected chi connectivity index (χ3v) is 4.41. The molecule has 1 aliphatic rings. The molecule has 1 saturated heterocycles. The third kappa shape index (κ3) is 3.13. The topological polar surface area (TPSA) is 45.3 Å². The van der Waals surface area contributed by atoms with Crippen LogP contribution >= 0.6 is 0 Å². The summed E-state index contributed by atoms with van der Waals surface area (Å²) < 4.78 is 32.1. The molecular formula is C19H16F2N2O2. The molecule has 1 amide bonds. The van der Waals surface area contributed by atoms with E-state index in [0.29, 0.717) is 36.3 Å². The second-order valence-corrected chi connectivity index (χ2v) is 6.08. The van der Waals surface area contributed by atoms with Gasteiger partial charge in [0.2, 0.25) is 0 Å². The van der Waals surface area contributed by atoms with Crippen LogP contribution in [-0.4, -0.2) is 35.5 Å². The van der Waals surface area contributed by atoms with Crippen LogP contribution in [0.25, 0.3) is 10.9 Å². The normalized spacial score (nSPS) is 17.8. The summed E-state index contributed by atoms with van der Waals surface area (Å²) >= 11 is 0. The van der Waals surface area contributed by atoms with Crippen molar-refractivity contribution in [1.29, 1.82) is 0 Å². The van der Waals surface area contributed by atoms with Crippen LogP contribution < -0.4 is 0 Å². The highest BCUT2D eigenvalue weighted by Crippen LogP contribution is 2.24. The number of nitrogens with one attached hydrogen (secondary N) is 1. The molecule has 6 heteroatoms. The molecule has 0 aliphatic carbocycles. The van der Waals surface area contributed by atoms with Crippen molar-refractivity contribution in [2.75, 3.05) is 19.7 Å². The first-order valence-corrected chi connectivity index (χ1v) is 8.05. The molecule has 2 aromatic carbocycles. The molecule has 0 radical (unpaired) electrons. The van der Waals surface area contributed by atoms with Gasteiger partial charge < -0.3 is 14.6 Å². The van der Waals surface area contributed by atoms with E-state index in [-0.39, 0.29) is 23.6 Å². The van der Waals surface area contributed by atoms with Crippen LogP contribution in [0.1, 0.15) is 22.2 Å². The summed E-state index contributed by atoms with van der Waals surface area (Å²) in [6.45, 7) is 1.26. The Bertz CT molecular complexity index is 921. The van der Waals surface area contributed by atoms with Crippen LogP contribution in [-0.2, 0) is 4.74 Å². The first-order valence-electron chi connectivity index (χ1n) is 8.05. The van der Waals surface area contributed by atoms with Gasteiger partial charge in [-0.05, 0) is 42.0 Å². The lowest BCUT2D eigenvalue weighted by atomic mass is 10.1. The minimum atomic E-state index is -0.340. The minimum Gasteiger partial charge on any atom is -0.370 e. The second-order valence-electron chi connectivity index (χ2n) is 6.08. The van der Waals surface area contributed by atoms with Gasteiger partial charge in [0.05, 0.1) is 13.2 Å². The molecule has 1 fully saturated rings. The summed E-state index contributed by atoms with van der Waals surface area (Å²) in [4.78, 5) is 17.5. The van der Waals surface area contributed by atoms with Crippen LogP contribution in [0.5, 0.6) is 0 Å². The number of fused-ring (bicyclic) bond motifs is 1. The van der Waals surface area contributed by atoms with Crippen LogP contribution in [0.3, 0.4) is 0 Å². The van der Waals surface area contributed by atoms with E-state index in [4.69, 9.17) is 4.74 Å². The predicted molar refractivity (Wildman–Crippen MR) is 89.3 cm³/mol. The fourth-order valence-corrected chi connectivity index (χ4v) is 3.10. The lowest BCUT2D eigenvalue weighted by molar-refractivity contribution is -0.0230. The largest absolute Gasteiger partial charge is 0.370 e. The Morgan fingerprint density at radius 2 is 1.84 bits per heavy atom. The van der Waals surface area contributed by atoms with E-state index in [9.17, 15) is 13.6 Å². The molecule has 3 aromatic rings. The van der Waals surface area contributed by atoms with Crippen LogP contribution in [0.15, 0.2) is 48.5 Å². The van der Waals surface area contributed by atoms with Gasteiger partial charge in [0.15, 0.2) is 0 Å². The van der Waals surface area contributed by atoms with Crippen LogP contribution in [0.2, 0.25) is 0 Å². The van der Waals surface area contributed by atoms with Gasteiger partial charge in [0.1, 0.15) is 23.4 Å². The van der Waals surface area contributed by atoms with E-state index in [1.54, 1.807) is 29.2 Å². The van der Waals surface area contributed by atoms with E-state index < -0.39 is 0 Å². The molecule has 1 aromatic heterocycles. The zero-order chi connectivity index (χ0) is 17.4. The summed E-state index contributed by atoms with van der Waals surface area (Å²) in [6.07, 6.45) is -0.292. The van der Waals surface area contributed by atoms with E-state index in [1.165, 1.54) is 24.3 Å².